The number of anilines is 1. The first-order chi connectivity index (χ1) is 14.6. The van der Waals surface area contributed by atoms with Gasteiger partial charge in [-0.25, -0.2) is 19.9 Å². The molecule has 1 fully saturated rings. The molecule has 0 atom stereocenters. The number of ether oxygens (including phenoxy) is 1. The number of rotatable bonds is 4. The van der Waals surface area contributed by atoms with Crippen molar-refractivity contribution in [2.24, 2.45) is 13.0 Å². The van der Waals surface area contributed by atoms with Gasteiger partial charge in [-0.05, 0) is 30.9 Å². The fourth-order valence-electron chi connectivity index (χ4n) is 4.17. The lowest BCUT2D eigenvalue weighted by Gasteiger charge is -2.32. The van der Waals surface area contributed by atoms with Gasteiger partial charge in [0.1, 0.15) is 12.1 Å². The fraction of sp³-hybridized carbons (Fsp3) is 0.381. The quantitative estimate of drug-likeness (QED) is 0.513. The third kappa shape index (κ3) is 3.16. The molecule has 0 bridgehead atoms. The van der Waals surface area contributed by atoms with Crippen molar-refractivity contribution in [1.82, 2.24) is 29.1 Å². The van der Waals surface area contributed by atoms with Crippen molar-refractivity contribution in [2.45, 2.75) is 19.4 Å². The summed E-state index contributed by atoms with van der Waals surface area (Å²) in [5.74, 6) is 2.00. The summed E-state index contributed by atoms with van der Waals surface area (Å²) >= 11 is 0. The Labute approximate surface area is 173 Å². The summed E-state index contributed by atoms with van der Waals surface area (Å²) < 4.78 is 8.86. The van der Waals surface area contributed by atoms with Gasteiger partial charge in [0, 0.05) is 32.7 Å². The van der Waals surface area contributed by atoms with Crippen LogP contribution in [0.15, 0.2) is 42.0 Å². The topological polar surface area (TPSA) is 91.0 Å². The van der Waals surface area contributed by atoms with Gasteiger partial charge in [0.15, 0.2) is 17.0 Å². The van der Waals surface area contributed by atoms with Crippen LogP contribution < -0.4 is 15.2 Å². The molecule has 0 unspecified atom stereocenters. The maximum absolute atomic E-state index is 12.9. The number of methoxy groups -OCH3 is 1. The van der Waals surface area contributed by atoms with Crippen LogP contribution in [0.5, 0.6) is 5.75 Å². The zero-order valence-corrected chi connectivity index (χ0v) is 17.0. The number of nitrogens with zero attached hydrogens (tertiary/aromatic N) is 7. The molecule has 9 heteroatoms. The van der Waals surface area contributed by atoms with E-state index in [-0.39, 0.29) is 5.56 Å². The molecule has 0 N–H and O–H groups in total. The van der Waals surface area contributed by atoms with Gasteiger partial charge in [0.2, 0.25) is 0 Å². The average Bonchev–Trinajstić information content (AvgIpc) is 3.17. The Bertz CT molecular complexity index is 1270. The molecule has 1 saturated heterocycles. The van der Waals surface area contributed by atoms with Gasteiger partial charge in [0.05, 0.1) is 30.7 Å². The summed E-state index contributed by atoms with van der Waals surface area (Å²) in [5.41, 5.74) is 2.33. The van der Waals surface area contributed by atoms with Gasteiger partial charge in [-0.15, -0.1) is 0 Å². The van der Waals surface area contributed by atoms with Crippen LogP contribution in [0.1, 0.15) is 12.8 Å². The van der Waals surface area contributed by atoms with Crippen LogP contribution in [-0.4, -0.2) is 49.3 Å². The Morgan fingerprint density at radius 3 is 2.73 bits per heavy atom. The lowest BCUT2D eigenvalue weighted by Crippen LogP contribution is -2.37. The van der Waals surface area contributed by atoms with Crippen molar-refractivity contribution >= 4 is 27.9 Å². The lowest BCUT2D eigenvalue weighted by atomic mass is 9.96. The van der Waals surface area contributed by atoms with E-state index in [1.54, 1.807) is 48.9 Å². The maximum Gasteiger partial charge on any atom is 0.261 e. The van der Waals surface area contributed by atoms with Crippen LogP contribution in [-0.2, 0) is 13.6 Å². The number of imidazole rings is 1. The third-order valence-corrected chi connectivity index (χ3v) is 5.88. The predicted octanol–water partition coefficient (Wildman–Crippen LogP) is 2.00. The molecule has 0 saturated carbocycles. The van der Waals surface area contributed by atoms with Crippen molar-refractivity contribution in [3.8, 4) is 5.75 Å². The first-order valence-electron chi connectivity index (χ1n) is 10.0. The van der Waals surface area contributed by atoms with Gasteiger partial charge in [-0.3, -0.25) is 9.36 Å². The molecule has 1 aliphatic heterocycles. The lowest BCUT2D eigenvalue weighted by molar-refractivity contribution is 0.351. The Hall–Kier alpha value is -3.49. The fourth-order valence-corrected chi connectivity index (χ4v) is 4.17. The molecule has 9 nitrogen and oxygen atoms in total. The molecule has 4 heterocycles. The summed E-state index contributed by atoms with van der Waals surface area (Å²) in [6.45, 7) is 2.42. The van der Waals surface area contributed by atoms with E-state index in [1.165, 1.54) is 0 Å². The van der Waals surface area contributed by atoms with E-state index in [0.29, 0.717) is 29.1 Å². The maximum atomic E-state index is 12.9. The first kappa shape index (κ1) is 18.5. The van der Waals surface area contributed by atoms with Crippen LogP contribution in [0, 0.1) is 5.92 Å². The van der Waals surface area contributed by atoms with Crippen LogP contribution >= 0.6 is 0 Å². The normalized spacial score (nSPS) is 15.2. The molecule has 0 amide bonds. The smallest absolute Gasteiger partial charge is 0.261 e. The van der Waals surface area contributed by atoms with Crippen molar-refractivity contribution < 1.29 is 4.74 Å². The molecular weight excluding hydrogens is 382 g/mol. The van der Waals surface area contributed by atoms with Crippen molar-refractivity contribution in [2.75, 3.05) is 25.1 Å². The summed E-state index contributed by atoms with van der Waals surface area (Å²) in [4.78, 5) is 32.9. The highest BCUT2D eigenvalue weighted by molar-refractivity contribution is 5.83. The highest BCUT2D eigenvalue weighted by Gasteiger charge is 2.23. The zero-order chi connectivity index (χ0) is 20.7. The van der Waals surface area contributed by atoms with Crippen LogP contribution in [0.3, 0.4) is 0 Å². The summed E-state index contributed by atoms with van der Waals surface area (Å²) in [7, 11) is 3.54. The van der Waals surface area contributed by atoms with E-state index in [0.717, 1.165) is 42.9 Å². The largest absolute Gasteiger partial charge is 0.497 e. The second kappa shape index (κ2) is 7.40. The van der Waals surface area contributed by atoms with Gasteiger partial charge in [-0.1, -0.05) is 0 Å². The number of fused-ring (bicyclic) bond motifs is 2. The molecule has 1 aliphatic rings. The number of hydrogen-bond donors (Lipinski definition) is 0. The number of aryl methyl sites for hydroxylation is 1. The minimum absolute atomic E-state index is 0.00363. The van der Waals surface area contributed by atoms with E-state index >= 15 is 0 Å². The van der Waals surface area contributed by atoms with Crippen molar-refractivity contribution in [3.63, 3.8) is 0 Å². The molecule has 0 aliphatic carbocycles. The Balaban J connectivity index is 1.31. The molecule has 154 valence electrons. The van der Waals surface area contributed by atoms with Crippen LogP contribution in [0.4, 0.5) is 5.82 Å². The SMILES string of the molecule is COc1ccc2c(=O)n(CC3CCN(c4ncnc5c4ncn5C)CC3)cnc2c1. The molecule has 1 aromatic carbocycles. The van der Waals surface area contributed by atoms with E-state index < -0.39 is 0 Å². The van der Waals surface area contributed by atoms with Crippen molar-refractivity contribution in [1.29, 1.82) is 0 Å². The highest BCUT2D eigenvalue weighted by Crippen LogP contribution is 2.27. The Morgan fingerprint density at radius 1 is 1.10 bits per heavy atom. The average molecular weight is 405 g/mol. The first-order valence-corrected chi connectivity index (χ1v) is 10.0. The molecule has 3 aromatic heterocycles. The van der Waals surface area contributed by atoms with Crippen LogP contribution in [0.2, 0.25) is 0 Å². The van der Waals surface area contributed by atoms with Gasteiger partial charge in [0.25, 0.3) is 5.56 Å². The molecule has 30 heavy (non-hydrogen) atoms. The minimum Gasteiger partial charge on any atom is -0.497 e. The molecule has 0 spiro atoms. The number of hydrogen-bond acceptors (Lipinski definition) is 7. The third-order valence-electron chi connectivity index (χ3n) is 5.88. The summed E-state index contributed by atoms with van der Waals surface area (Å²) in [5, 5.41) is 0.620. The van der Waals surface area contributed by atoms with E-state index in [9.17, 15) is 4.79 Å². The molecule has 4 aromatic rings. The Kier molecular flexibility index (Phi) is 4.57. The van der Waals surface area contributed by atoms with Gasteiger partial charge < -0.3 is 14.2 Å². The molecular formula is C21H23N7O2. The molecule has 0 radical (unpaired) electrons. The monoisotopic (exact) mass is 405 g/mol. The number of benzene rings is 1. The number of aromatic nitrogens is 6. The van der Waals surface area contributed by atoms with E-state index in [4.69, 9.17) is 4.74 Å². The highest BCUT2D eigenvalue weighted by atomic mass is 16.5. The van der Waals surface area contributed by atoms with E-state index in [2.05, 4.69) is 24.8 Å². The summed E-state index contributed by atoms with van der Waals surface area (Å²) in [6, 6.07) is 5.38. The minimum atomic E-state index is -0.00363. The zero-order valence-electron chi connectivity index (χ0n) is 17.0. The predicted molar refractivity (Wildman–Crippen MR) is 114 cm³/mol. The summed E-state index contributed by atoms with van der Waals surface area (Å²) in [6.07, 6.45) is 6.97. The molecule has 5 rings (SSSR count). The van der Waals surface area contributed by atoms with Crippen molar-refractivity contribution in [3.05, 3.63) is 47.5 Å². The standard InChI is InChI=1S/C21H23N7O2/c1-26-12-25-18-19(26)22-11-23-20(18)27-7-5-14(6-8-27)10-28-13-24-17-9-15(30-2)3-4-16(17)21(28)29/h3-4,9,11-14H,5-8,10H2,1-2H3. The Morgan fingerprint density at radius 2 is 1.93 bits per heavy atom. The second-order valence-corrected chi connectivity index (χ2v) is 7.74. The van der Waals surface area contributed by atoms with Gasteiger partial charge in [-0.2, -0.15) is 0 Å². The second-order valence-electron chi connectivity index (χ2n) is 7.74. The van der Waals surface area contributed by atoms with Crippen LogP contribution in [0.25, 0.3) is 22.1 Å². The van der Waals surface area contributed by atoms with Gasteiger partial charge >= 0.3 is 0 Å². The van der Waals surface area contributed by atoms with E-state index in [1.807, 2.05) is 11.6 Å². The number of piperidine rings is 1.